The number of hydrogen-bond donors (Lipinski definition) is 2. The van der Waals surface area contributed by atoms with Gasteiger partial charge in [0.05, 0.1) is 25.0 Å². The second-order valence-electron chi connectivity index (χ2n) is 7.59. The van der Waals surface area contributed by atoms with Gasteiger partial charge in [0.25, 0.3) is 10.1 Å². The van der Waals surface area contributed by atoms with Crippen molar-refractivity contribution in [3.63, 3.8) is 0 Å². The second kappa shape index (κ2) is 7.42. The van der Waals surface area contributed by atoms with Crippen LogP contribution in [0.5, 0.6) is 0 Å². The minimum atomic E-state index is -3.61. The number of para-hydroxylation sites is 1. The smallest absolute Gasteiger partial charge is 0.264 e. The van der Waals surface area contributed by atoms with E-state index in [1.807, 2.05) is 48.5 Å². The molecule has 0 radical (unpaired) electrons. The van der Waals surface area contributed by atoms with Crippen LogP contribution in [0.15, 0.2) is 59.0 Å². The van der Waals surface area contributed by atoms with Crippen molar-refractivity contribution in [3.8, 4) is 0 Å². The van der Waals surface area contributed by atoms with Gasteiger partial charge in [0.1, 0.15) is 11.2 Å². The highest BCUT2D eigenvalue weighted by Gasteiger charge is 2.26. The summed E-state index contributed by atoms with van der Waals surface area (Å²) in [5.41, 5.74) is 1.71. The Kier molecular flexibility index (Phi) is 5.08. The molecule has 2 N–H and O–H groups in total. The van der Waals surface area contributed by atoms with Gasteiger partial charge >= 0.3 is 0 Å². The van der Waals surface area contributed by atoms with E-state index in [1.54, 1.807) is 6.92 Å². The lowest BCUT2D eigenvalue weighted by Crippen LogP contribution is -2.49. The fourth-order valence-corrected chi connectivity index (χ4v) is 4.00. The van der Waals surface area contributed by atoms with Crippen molar-refractivity contribution in [1.29, 1.82) is 0 Å². The molecule has 1 aromatic heterocycles. The SMILES string of the molecule is CC(CO)(COS(C)(=O)=O)NCc1c2ccccc2cc2oc3ccccc3c12. The molecule has 0 amide bonds. The van der Waals surface area contributed by atoms with E-state index < -0.39 is 15.7 Å². The van der Waals surface area contributed by atoms with Crippen LogP contribution in [0.3, 0.4) is 0 Å². The van der Waals surface area contributed by atoms with Crippen LogP contribution in [0.2, 0.25) is 0 Å². The molecule has 4 rings (SSSR count). The van der Waals surface area contributed by atoms with E-state index >= 15 is 0 Å². The average Bonchev–Trinajstić information content (AvgIpc) is 3.07. The maximum absolute atomic E-state index is 11.4. The summed E-state index contributed by atoms with van der Waals surface area (Å²) in [5, 5.41) is 17.3. The molecular weight excluding hydrogens is 390 g/mol. The number of aliphatic hydroxyl groups is 1. The van der Waals surface area contributed by atoms with E-state index in [0.717, 1.165) is 44.5 Å². The summed E-state index contributed by atoms with van der Waals surface area (Å²) in [6, 6.07) is 18.0. The summed E-state index contributed by atoms with van der Waals surface area (Å²) >= 11 is 0. The van der Waals surface area contributed by atoms with Crippen molar-refractivity contribution in [1.82, 2.24) is 5.32 Å². The second-order valence-corrected chi connectivity index (χ2v) is 9.23. The minimum absolute atomic E-state index is 0.164. The zero-order valence-electron chi connectivity index (χ0n) is 16.3. The van der Waals surface area contributed by atoms with E-state index in [2.05, 4.69) is 11.4 Å². The zero-order valence-corrected chi connectivity index (χ0v) is 17.1. The van der Waals surface area contributed by atoms with Gasteiger partial charge in [-0.15, -0.1) is 0 Å². The maximum atomic E-state index is 11.4. The highest BCUT2D eigenvalue weighted by molar-refractivity contribution is 7.85. The van der Waals surface area contributed by atoms with Crippen molar-refractivity contribution in [2.24, 2.45) is 0 Å². The third-order valence-corrected chi connectivity index (χ3v) is 5.68. The number of hydrogen-bond acceptors (Lipinski definition) is 6. The number of aliphatic hydroxyl groups excluding tert-OH is 1. The molecule has 0 aliphatic rings. The van der Waals surface area contributed by atoms with Gasteiger partial charge in [0.2, 0.25) is 0 Å². The first-order valence-corrected chi connectivity index (χ1v) is 11.1. The van der Waals surface area contributed by atoms with Crippen LogP contribution in [0, 0.1) is 0 Å². The van der Waals surface area contributed by atoms with Gasteiger partial charge in [-0.05, 0) is 35.4 Å². The van der Waals surface area contributed by atoms with Crippen molar-refractivity contribution in [2.75, 3.05) is 19.5 Å². The van der Waals surface area contributed by atoms with Crippen LogP contribution >= 0.6 is 0 Å². The third kappa shape index (κ3) is 4.00. The summed E-state index contributed by atoms with van der Waals surface area (Å²) in [6.07, 6.45) is 0.997. The minimum Gasteiger partial charge on any atom is -0.456 e. The molecule has 1 heterocycles. The van der Waals surface area contributed by atoms with Crippen molar-refractivity contribution >= 4 is 42.8 Å². The van der Waals surface area contributed by atoms with Gasteiger partial charge in [0, 0.05) is 17.3 Å². The fourth-order valence-electron chi connectivity index (χ4n) is 3.53. The largest absolute Gasteiger partial charge is 0.456 e. The van der Waals surface area contributed by atoms with Gasteiger partial charge in [-0.3, -0.25) is 4.18 Å². The number of benzene rings is 3. The van der Waals surface area contributed by atoms with Gasteiger partial charge in [-0.2, -0.15) is 8.42 Å². The summed E-state index contributed by atoms with van der Waals surface area (Å²) in [5.74, 6) is 0. The Hall–Kier alpha value is -2.45. The number of rotatable bonds is 7. The molecule has 1 unspecified atom stereocenters. The molecule has 29 heavy (non-hydrogen) atoms. The van der Waals surface area contributed by atoms with Gasteiger partial charge in [0.15, 0.2) is 0 Å². The Morgan fingerprint density at radius 2 is 1.76 bits per heavy atom. The molecule has 6 nitrogen and oxygen atoms in total. The summed E-state index contributed by atoms with van der Waals surface area (Å²) < 4.78 is 33.8. The van der Waals surface area contributed by atoms with Gasteiger partial charge < -0.3 is 14.8 Å². The molecule has 0 aliphatic carbocycles. The van der Waals surface area contributed by atoms with E-state index in [9.17, 15) is 13.5 Å². The van der Waals surface area contributed by atoms with Crippen LogP contribution < -0.4 is 5.32 Å². The molecule has 0 saturated carbocycles. The standard InChI is InChI=1S/C22H23NO5S/c1-22(13-24,14-27-29(2,25)26)23-12-18-16-8-4-3-7-15(16)11-20-21(18)17-9-5-6-10-19(17)28-20/h3-11,23-24H,12-14H2,1-2H3. The van der Waals surface area contributed by atoms with Crippen LogP contribution in [0.25, 0.3) is 32.7 Å². The maximum Gasteiger partial charge on any atom is 0.264 e. The normalized spacial score (nSPS) is 14.6. The van der Waals surface area contributed by atoms with Crippen LogP contribution in [-0.4, -0.2) is 38.5 Å². The predicted octanol–water partition coefficient (Wildman–Crippen LogP) is 3.56. The Balaban J connectivity index is 1.80. The molecule has 0 saturated heterocycles. The van der Waals surface area contributed by atoms with Crippen LogP contribution in [-0.2, 0) is 20.8 Å². The van der Waals surface area contributed by atoms with Crippen molar-refractivity contribution in [3.05, 3.63) is 60.2 Å². The zero-order chi connectivity index (χ0) is 20.6. The molecule has 0 spiro atoms. The quantitative estimate of drug-likeness (QED) is 0.451. The van der Waals surface area contributed by atoms with Crippen LogP contribution in [0.1, 0.15) is 12.5 Å². The van der Waals surface area contributed by atoms with E-state index in [-0.39, 0.29) is 13.2 Å². The summed E-state index contributed by atoms with van der Waals surface area (Å²) in [4.78, 5) is 0. The monoisotopic (exact) mass is 413 g/mol. The molecule has 152 valence electrons. The van der Waals surface area contributed by atoms with Crippen LogP contribution in [0.4, 0.5) is 0 Å². The first-order valence-electron chi connectivity index (χ1n) is 9.32. The predicted molar refractivity (Wildman–Crippen MR) is 114 cm³/mol. The molecule has 0 fully saturated rings. The fraction of sp³-hybridized carbons (Fsp3) is 0.273. The lowest BCUT2D eigenvalue weighted by molar-refractivity contribution is 0.118. The number of nitrogens with one attached hydrogen (secondary N) is 1. The lowest BCUT2D eigenvalue weighted by Gasteiger charge is -2.28. The van der Waals surface area contributed by atoms with E-state index in [1.165, 1.54) is 0 Å². The van der Waals surface area contributed by atoms with Crippen molar-refractivity contribution in [2.45, 2.75) is 19.0 Å². The highest BCUT2D eigenvalue weighted by atomic mass is 32.2. The summed E-state index contributed by atoms with van der Waals surface area (Å²) in [7, 11) is -3.61. The summed E-state index contributed by atoms with van der Waals surface area (Å²) in [6.45, 7) is 1.70. The molecular formula is C22H23NO5S. The highest BCUT2D eigenvalue weighted by Crippen LogP contribution is 2.36. The Morgan fingerprint density at radius 3 is 2.48 bits per heavy atom. The number of furan rings is 1. The lowest BCUT2D eigenvalue weighted by atomic mass is 9.97. The molecule has 0 aliphatic heterocycles. The molecule has 4 aromatic rings. The van der Waals surface area contributed by atoms with Crippen molar-refractivity contribution < 1.29 is 22.1 Å². The number of fused-ring (bicyclic) bond motifs is 4. The third-order valence-electron chi connectivity index (χ3n) is 5.13. The van der Waals surface area contributed by atoms with Gasteiger partial charge in [-0.1, -0.05) is 42.5 Å². The molecule has 3 aromatic carbocycles. The van der Waals surface area contributed by atoms with E-state index in [4.69, 9.17) is 8.60 Å². The molecule has 1 atom stereocenters. The first kappa shape index (κ1) is 19.8. The average molecular weight is 413 g/mol. The Morgan fingerprint density at radius 1 is 1.07 bits per heavy atom. The Labute approximate surface area is 169 Å². The molecule has 7 heteroatoms. The Bertz CT molecular complexity index is 1290. The van der Waals surface area contributed by atoms with Gasteiger partial charge in [-0.25, -0.2) is 0 Å². The topological polar surface area (TPSA) is 88.8 Å². The first-order chi connectivity index (χ1) is 13.8. The molecule has 0 bridgehead atoms. The van der Waals surface area contributed by atoms with E-state index in [0.29, 0.717) is 6.54 Å².